The zero-order chi connectivity index (χ0) is 15.4. The minimum Gasteiger partial charge on any atom is -0.493 e. The van der Waals surface area contributed by atoms with Crippen molar-refractivity contribution in [3.05, 3.63) is 29.8 Å². The van der Waals surface area contributed by atoms with Crippen LogP contribution in [0.3, 0.4) is 0 Å². The average molecular weight is 298 g/mol. The molecule has 0 saturated heterocycles. The number of hydrogen-bond donors (Lipinski definition) is 1. The van der Waals surface area contributed by atoms with E-state index in [-0.39, 0.29) is 12.2 Å². The van der Waals surface area contributed by atoms with Crippen molar-refractivity contribution in [1.29, 1.82) is 0 Å². The number of aliphatic carboxylic acids is 1. The van der Waals surface area contributed by atoms with Gasteiger partial charge in [-0.2, -0.15) is 22.0 Å². The van der Waals surface area contributed by atoms with Crippen molar-refractivity contribution in [2.24, 2.45) is 0 Å². The molecule has 1 aromatic carbocycles. The molecule has 0 unspecified atom stereocenters. The summed E-state index contributed by atoms with van der Waals surface area (Å²) >= 11 is 0. The van der Waals surface area contributed by atoms with E-state index in [1.165, 1.54) is 24.3 Å². The maximum atomic E-state index is 12.6. The third-order valence-corrected chi connectivity index (χ3v) is 2.38. The molecule has 0 aliphatic carbocycles. The molecule has 1 aromatic rings. The standard InChI is InChI=1S/C12H11F5O3/c13-11(14,12(15,16)17)5-6-20-9-3-1-8(2-4-9)7-10(18)19/h1-4H,5-7H2,(H,18,19). The topological polar surface area (TPSA) is 46.5 Å². The molecule has 8 heteroatoms. The number of rotatable bonds is 6. The zero-order valence-electron chi connectivity index (χ0n) is 10.1. The molecule has 0 bridgehead atoms. The third kappa shape index (κ3) is 4.67. The highest BCUT2D eigenvalue weighted by Crippen LogP contribution is 2.37. The fourth-order valence-electron chi connectivity index (χ4n) is 1.32. The maximum Gasteiger partial charge on any atom is 0.453 e. The van der Waals surface area contributed by atoms with Crippen molar-refractivity contribution < 1.29 is 36.6 Å². The van der Waals surface area contributed by atoms with Gasteiger partial charge in [-0.1, -0.05) is 12.1 Å². The molecule has 0 saturated carbocycles. The van der Waals surface area contributed by atoms with E-state index in [2.05, 4.69) is 0 Å². The van der Waals surface area contributed by atoms with Crippen molar-refractivity contribution in [2.45, 2.75) is 24.9 Å². The minimum atomic E-state index is -5.60. The van der Waals surface area contributed by atoms with Crippen molar-refractivity contribution in [1.82, 2.24) is 0 Å². The Morgan fingerprint density at radius 1 is 1.10 bits per heavy atom. The molecule has 1 N–H and O–H groups in total. The minimum absolute atomic E-state index is 0.0945. The van der Waals surface area contributed by atoms with Crippen LogP contribution in [0.1, 0.15) is 12.0 Å². The van der Waals surface area contributed by atoms with Crippen LogP contribution in [0.5, 0.6) is 5.75 Å². The Bertz CT molecular complexity index is 453. The van der Waals surface area contributed by atoms with Gasteiger partial charge in [0.1, 0.15) is 5.75 Å². The van der Waals surface area contributed by atoms with Crippen LogP contribution < -0.4 is 4.74 Å². The predicted octanol–water partition coefficient (Wildman–Crippen LogP) is 3.28. The lowest BCUT2D eigenvalue weighted by Crippen LogP contribution is -2.37. The van der Waals surface area contributed by atoms with Crippen molar-refractivity contribution in [3.8, 4) is 5.75 Å². The summed E-state index contributed by atoms with van der Waals surface area (Å²) in [6.45, 7) is -0.801. The van der Waals surface area contributed by atoms with Crippen LogP contribution in [0.15, 0.2) is 24.3 Å². The monoisotopic (exact) mass is 298 g/mol. The van der Waals surface area contributed by atoms with Gasteiger partial charge in [0.15, 0.2) is 0 Å². The molecule has 3 nitrogen and oxygen atoms in total. The summed E-state index contributed by atoms with van der Waals surface area (Å²) in [6, 6.07) is 5.41. The summed E-state index contributed by atoms with van der Waals surface area (Å²) in [5, 5.41) is 8.52. The van der Waals surface area contributed by atoms with Gasteiger partial charge < -0.3 is 9.84 Å². The second-order valence-electron chi connectivity index (χ2n) is 4.02. The number of hydrogen-bond acceptors (Lipinski definition) is 2. The summed E-state index contributed by atoms with van der Waals surface area (Å²) in [5.74, 6) is -5.74. The number of benzene rings is 1. The summed E-state index contributed by atoms with van der Waals surface area (Å²) in [6.07, 6.45) is -7.29. The molecule has 0 spiro atoms. The Hall–Kier alpha value is -1.86. The smallest absolute Gasteiger partial charge is 0.453 e. The molecular weight excluding hydrogens is 287 g/mol. The first-order chi connectivity index (χ1) is 9.12. The zero-order valence-corrected chi connectivity index (χ0v) is 10.1. The normalized spacial score (nSPS) is 12.2. The van der Waals surface area contributed by atoms with Crippen LogP contribution in [0.4, 0.5) is 22.0 Å². The first-order valence-electron chi connectivity index (χ1n) is 5.50. The van der Waals surface area contributed by atoms with Crippen LogP contribution in [-0.4, -0.2) is 29.8 Å². The number of carboxylic acid groups (broad SMARTS) is 1. The molecule has 0 fully saturated rings. The van der Waals surface area contributed by atoms with E-state index in [1.807, 2.05) is 0 Å². The summed E-state index contributed by atoms with van der Waals surface area (Å²) in [7, 11) is 0. The molecule has 0 aromatic heterocycles. The summed E-state index contributed by atoms with van der Waals surface area (Å²) in [5.41, 5.74) is 0.463. The van der Waals surface area contributed by atoms with Gasteiger partial charge in [0.05, 0.1) is 19.4 Å². The number of alkyl halides is 5. The van der Waals surface area contributed by atoms with E-state index in [0.717, 1.165) is 0 Å². The Morgan fingerprint density at radius 2 is 1.65 bits per heavy atom. The molecule has 0 heterocycles. The second-order valence-corrected chi connectivity index (χ2v) is 4.02. The lowest BCUT2D eigenvalue weighted by molar-refractivity contribution is -0.285. The van der Waals surface area contributed by atoms with Crippen molar-refractivity contribution in [3.63, 3.8) is 0 Å². The van der Waals surface area contributed by atoms with Crippen LogP contribution in [0.2, 0.25) is 0 Å². The number of carbonyl (C=O) groups is 1. The van der Waals surface area contributed by atoms with Gasteiger partial charge in [-0.15, -0.1) is 0 Å². The lowest BCUT2D eigenvalue weighted by atomic mass is 10.1. The quantitative estimate of drug-likeness (QED) is 0.820. The molecule has 0 aliphatic heterocycles. The van der Waals surface area contributed by atoms with Gasteiger partial charge in [-0.05, 0) is 17.7 Å². The van der Waals surface area contributed by atoms with E-state index >= 15 is 0 Å². The maximum absolute atomic E-state index is 12.6. The molecule has 112 valence electrons. The first-order valence-corrected chi connectivity index (χ1v) is 5.50. The summed E-state index contributed by atoms with van der Waals surface area (Å²) in [4.78, 5) is 10.4. The van der Waals surface area contributed by atoms with Gasteiger partial charge in [-0.3, -0.25) is 4.79 Å². The Labute approximate surface area is 111 Å². The Balaban J connectivity index is 2.49. The molecule has 20 heavy (non-hydrogen) atoms. The highest BCUT2D eigenvalue weighted by molar-refractivity contribution is 5.70. The molecule has 1 rings (SSSR count). The van der Waals surface area contributed by atoms with E-state index in [4.69, 9.17) is 9.84 Å². The largest absolute Gasteiger partial charge is 0.493 e. The molecule has 0 atom stereocenters. The Kier molecular flexibility index (Phi) is 4.91. The van der Waals surface area contributed by atoms with Gasteiger partial charge in [0, 0.05) is 0 Å². The Morgan fingerprint density at radius 3 is 2.10 bits per heavy atom. The molecular formula is C12H11F5O3. The number of carboxylic acids is 1. The fraction of sp³-hybridized carbons (Fsp3) is 0.417. The van der Waals surface area contributed by atoms with E-state index in [0.29, 0.717) is 5.56 Å². The van der Waals surface area contributed by atoms with Crippen LogP contribution in [0, 0.1) is 0 Å². The van der Waals surface area contributed by atoms with Gasteiger partial charge in [0.25, 0.3) is 0 Å². The third-order valence-electron chi connectivity index (χ3n) is 2.38. The second kappa shape index (κ2) is 6.06. The van der Waals surface area contributed by atoms with Crippen molar-refractivity contribution in [2.75, 3.05) is 6.61 Å². The van der Waals surface area contributed by atoms with Crippen LogP contribution >= 0.6 is 0 Å². The highest BCUT2D eigenvalue weighted by Gasteiger charge is 2.56. The first kappa shape index (κ1) is 16.2. The van der Waals surface area contributed by atoms with E-state index in [9.17, 15) is 26.7 Å². The summed E-state index contributed by atoms with van der Waals surface area (Å²) < 4.78 is 65.5. The number of halogens is 5. The lowest BCUT2D eigenvalue weighted by Gasteiger charge is -2.19. The number of ether oxygens (including phenoxy) is 1. The van der Waals surface area contributed by atoms with E-state index in [1.54, 1.807) is 0 Å². The molecule has 0 radical (unpaired) electrons. The molecule has 0 amide bonds. The van der Waals surface area contributed by atoms with Crippen LogP contribution in [0.25, 0.3) is 0 Å². The van der Waals surface area contributed by atoms with Gasteiger partial charge in [-0.25, -0.2) is 0 Å². The highest BCUT2D eigenvalue weighted by atomic mass is 19.4. The van der Waals surface area contributed by atoms with Crippen LogP contribution in [-0.2, 0) is 11.2 Å². The van der Waals surface area contributed by atoms with Gasteiger partial charge in [0.2, 0.25) is 0 Å². The fourth-order valence-corrected chi connectivity index (χ4v) is 1.32. The van der Waals surface area contributed by atoms with E-state index < -0.39 is 31.1 Å². The molecule has 0 aliphatic rings. The predicted molar refractivity (Wildman–Crippen MR) is 58.9 cm³/mol. The van der Waals surface area contributed by atoms with Crippen molar-refractivity contribution >= 4 is 5.97 Å². The van der Waals surface area contributed by atoms with Gasteiger partial charge >= 0.3 is 18.1 Å². The average Bonchev–Trinajstić information content (AvgIpc) is 2.29. The SMILES string of the molecule is O=C(O)Cc1ccc(OCCC(F)(F)C(F)(F)F)cc1.